The molecule has 0 bridgehead atoms. The molecule has 0 rings (SSSR count). The topological polar surface area (TPSA) is 102 Å². The second-order valence-electron chi connectivity index (χ2n) is 11.7. The van der Waals surface area contributed by atoms with Crippen molar-refractivity contribution >= 4 is 0 Å². The number of hydrogen-bond acceptors (Lipinski definition) is 11. The zero-order valence-corrected chi connectivity index (χ0v) is 31.3. The van der Waals surface area contributed by atoms with Gasteiger partial charge in [-0.05, 0) is 6.42 Å². The van der Waals surface area contributed by atoms with Crippen molar-refractivity contribution in [2.24, 2.45) is 0 Å². The van der Waals surface area contributed by atoms with Gasteiger partial charge in [0.25, 0.3) is 0 Å². The van der Waals surface area contributed by atoms with Crippen molar-refractivity contribution < 1.29 is 56.5 Å². The number of rotatable bonds is 46. The number of hydrogen-bond donors (Lipinski definition) is 0. The quantitative estimate of drug-likeness (QED) is 0.0671. The van der Waals surface area contributed by atoms with Crippen LogP contribution in [0.15, 0.2) is 0 Å². The van der Waals surface area contributed by atoms with Crippen molar-refractivity contribution in [3.05, 3.63) is 0 Å². The average Bonchev–Trinajstić information content (AvgIpc) is 3.11. The van der Waals surface area contributed by atoms with Crippen LogP contribution < -0.4 is 0 Å². The summed E-state index contributed by atoms with van der Waals surface area (Å²) < 4.78 is 71.6. The summed E-state index contributed by atoms with van der Waals surface area (Å²) in [5.41, 5.74) is 0. The molecular formula is C37H75FO11. The number of ether oxygens (including phenoxy) is 11. The minimum absolute atomic E-state index is 0.117. The first-order valence-corrected chi connectivity index (χ1v) is 19.3. The second-order valence-corrected chi connectivity index (χ2v) is 11.7. The lowest BCUT2D eigenvalue weighted by Crippen LogP contribution is -2.15. The first-order valence-electron chi connectivity index (χ1n) is 19.3. The summed E-state index contributed by atoms with van der Waals surface area (Å²) in [6.07, 6.45) is 17.8. The Labute approximate surface area is 298 Å². The molecule has 0 spiro atoms. The average molecular weight is 715 g/mol. The maximum atomic E-state index is 11.8. The molecule has 0 unspecified atom stereocenters. The third-order valence-electron chi connectivity index (χ3n) is 7.33. The van der Waals surface area contributed by atoms with Crippen LogP contribution in [-0.4, -0.2) is 152 Å². The van der Waals surface area contributed by atoms with E-state index in [1.165, 1.54) is 77.0 Å². The highest BCUT2D eigenvalue weighted by atomic mass is 19.1. The highest BCUT2D eigenvalue weighted by molar-refractivity contribution is 4.49. The molecule has 0 aliphatic rings. The van der Waals surface area contributed by atoms with Gasteiger partial charge in [-0.25, -0.2) is 4.39 Å². The largest absolute Gasteiger partial charge is 0.379 e. The van der Waals surface area contributed by atoms with E-state index >= 15 is 0 Å². The second kappa shape index (κ2) is 47.5. The van der Waals surface area contributed by atoms with E-state index in [2.05, 4.69) is 6.92 Å². The molecule has 0 radical (unpaired) electrons. The van der Waals surface area contributed by atoms with Crippen molar-refractivity contribution in [1.29, 1.82) is 0 Å². The Kier molecular flexibility index (Phi) is 47.0. The van der Waals surface area contributed by atoms with Crippen molar-refractivity contribution in [2.75, 3.05) is 152 Å². The van der Waals surface area contributed by atoms with Gasteiger partial charge in [0.2, 0.25) is 0 Å². The third-order valence-corrected chi connectivity index (χ3v) is 7.33. The van der Waals surface area contributed by atoms with Gasteiger partial charge in [-0.3, -0.25) is 0 Å². The molecule has 0 amide bonds. The molecule has 0 aromatic rings. The maximum Gasteiger partial charge on any atom is 0.113 e. The van der Waals surface area contributed by atoms with E-state index in [4.69, 9.17) is 52.1 Å². The van der Waals surface area contributed by atoms with Crippen molar-refractivity contribution in [3.63, 3.8) is 0 Å². The normalized spacial score (nSPS) is 11.6. The van der Waals surface area contributed by atoms with E-state index in [1.54, 1.807) is 0 Å². The van der Waals surface area contributed by atoms with E-state index < -0.39 is 6.67 Å². The summed E-state index contributed by atoms with van der Waals surface area (Å²) in [4.78, 5) is 0. The number of halogens is 1. The fourth-order valence-corrected chi connectivity index (χ4v) is 4.58. The van der Waals surface area contributed by atoms with E-state index in [0.717, 1.165) is 13.0 Å². The SMILES string of the molecule is CCCCCCCCCCCCCCCOCCOCCOCCOCCOCCOCCOCCOCCOCCOCCOCCF. The summed E-state index contributed by atoms with van der Waals surface area (Å²) >= 11 is 0. The molecule has 0 aromatic heterocycles. The molecule has 0 atom stereocenters. The predicted molar refractivity (Wildman–Crippen MR) is 191 cm³/mol. The summed E-state index contributed by atoms with van der Waals surface area (Å²) in [5, 5.41) is 0. The molecule has 49 heavy (non-hydrogen) atoms. The fraction of sp³-hybridized carbons (Fsp3) is 1.00. The molecule has 296 valence electrons. The monoisotopic (exact) mass is 715 g/mol. The van der Waals surface area contributed by atoms with Gasteiger partial charge in [-0.1, -0.05) is 84.0 Å². The van der Waals surface area contributed by atoms with Gasteiger partial charge in [-0.2, -0.15) is 0 Å². The Bertz CT molecular complexity index is 520. The van der Waals surface area contributed by atoms with Crippen molar-refractivity contribution in [2.45, 2.75) is 90.4 Å². The van der Waals surface area contributed by atoms with Crippen molar-refractivity contribution in [3.8, 4) is 0 Å². The van der Waals surface area contributed by atoms with Crippen LogP contribution in [0.5, 0.6) is 0 Å². The molecular weight excluding hydrogens is 639 g/mol. The van der Waals surface area contributed by atoms with Gasteiger partial charge < -0.3 is 52.1 Å². The minimum atomic E-state index is -0.471. The summed E-state index contributed by atoms with van der Waals surface area (Å²) in [7, 11) is 0. The van der Waals surface area contributed by atoms with Crippen LogP contribution >= 0.6 is 0 Å². The predicted octanol–water partition coefficient (Wildman–Crippen LogP) is 6.23. The number of unbranched alkanes of at least 4 members (excludes halogenated alkanes) is 12. The van der Waals surface area contributed by atoms with Crippen LogP contribution in [0, 0.1) is 0 Å². The third kappa shape index (κ3) is 47.5. The van der Waals surface area contributed by atoms with Crippen LogP contribution in [0.4, 0.5) is 4.39 Å². The molecule has 0 saturated heterocycles. The molecule has 0 saturated carbocycles. The molecule has 0 N–H and O–H groups in total. The molecule has 12 heteroatoms. The standard InChI is InChI=1S/C37H75FO11/c1-2-3-4-5-6-7-8-9-10-11-12-13-14-16-39-18-20-41-22-24-43-26-28-45-30-32-47-34-36-49-37-35-48-33-31-46-29-27-44-25-23-42-21-19-40-17-15-38/h2-37H2,1H3. The molecule has 0 aliphatic heterocycles. The minimum Gasteiger partial charge on any atom is -0.379 e. The summed E-state index contributed by atoms with van der Waals surface area (Å²) in [6.45, 7) is 13.1. The lowest BCUT2D eigenvalue weighted by atomic mass is 10.0. The van der Waals surface area contributed by atoms with Crippen LogP contribution in [0.1, 0.15) is 90.4 Å². The number of alkyl halides is 1. The smallest absolute Gasteiger partial charge is 0.113 e. The van der Waals surface area contributed by atoms with Crippen LogP contribution in [0.25, 0.3) is 0 Å². The Morgan fingerprint density at radius 1 is 0.224 bits per heavy atom. The zero-order chi connectivity index (χ0) is 35.2. The van der Waals surface area contributed by atoms with Crippen LogP contribution in [0.2, 0.25) is 0 Å². The van der Waals surface area contributed by atoms with Gasteiger partial charge in [0.15, 0.2) is 0 Å². The van der Waals surface area contributed by atoms with E-state index in [0.29, 0.717) is 132 Å². The lowest BCUT2D eigenvalue weighted by Gasteiger charge is -2.09. The van der Waals surface area contributed by atoms with Gasteiger partial charge in [0.1, 0.15) is 6.67 Å². The Balaban J connectivity index is 3.04. The zero-order valence-electron chi connectivity index (χ0n) is 31.3. The Hall–Kier alpha value is -0.510. The Morgan fingerprint density at radius 2 is 0.408 bits per heavy atom. The van der Waals surface area contributed by atoms with E-state index in [1.807, 2.05) is 0 Å². The first-order chi connectivity index (χ1) is 24.4. The summed E-state index contributed by atoms with van der Waals surface area (Å²) in [6, 6.07) is 0. The molecule has 11 nitrogen and oxygen atoms in total. The Morgan fingerprint density at radius 3 is 0.633 bits per heavy atom. The highest BCUT2D eigenvalue weighted by Gasteiger charge is 1.98. The molecule has 0 aliphatic carbocycles. The molecule has 0 aromatic carbocycles. The highest BCUT2D eigenvalue weighted by Crippen LogP contribution is 2.12. The first kappa shape index (κ1) is 48.5. The fourth-order valence-electron chi connectivity index (χ4n) is 4.58. The van der Waals surface area contributed by atoms with E-state index in [9.17, 15) is 4.39 Å². The van der Waals surface area contributed by atoms with Gasteiger partial charge in [0.05, 0.1) is 139 Å². The van der Waals surface area contributed by atoms with E-state index in [-0.39, 0.29) is 6.61 Å². The van der Waals surface area contributed by atoms with Crippen molar-refractivity contribution in [1.82, 2.24) is 0 Å². The van der Waals surface area contributed by atoms with Crippen LogP contribution in [0.3, 0.4) is 0 Å². The van der Waals surface area contributed by atoms with Crippen LogP contribution in [-0.2, 0) is 52.1 Å². The maximum absolute atomic E-state index is 11.8. The van der Waals surface area contributed by atoms with Gasteiger partial charge >= 0.3 is 0 Å². The molecule has 0 heterocycles. The van der Waals surface area contributed by atoms with Gasteiger partial charge in [-0.15, -0.1) is 0 Å². The van der Waals surface area contributed by atoms with Gasteiger partial charge in [0, 0.05) is 6.61 Å². The molecule has 0 fully saturated rings. The lowest BCUT2D eigenvalue weighted by molar-refractivity contribution is -0.0276. The summed E-state index contributed by atoms with van der Waals surface area (Å²) in [5.74, 6) is 0.